The Kier molecular flexibility index (Phi) is 4.58. The summed E-state index contributed by atoms with van der Waals surface area (Å²) >= 11 is 1.63. The molecular formula is C16H15NO2S. The molecule has 0 heterocycles. The molecule has 102 valence electrons. The van der Waals surface area contributed by atoms with E-state index in [-0.39, 0.29) is 11.7 Å². The van der Waals surface area contributed by atoms with Crippen molar-refractivity contribution < 1.29 is 9.59 Å². The minimum atomic E-state index is -0.159. The number of benzene rings is 2. The maximum absolute atomic E-state index is 12.0. The zero-order valence-corrected chi connectivity index (χ0v) is 12.2. The molecule has 0 aliphatic carbocycles. The molecule has 4 heteroatoms. The van der Waals surface area contributed by atoms with Gasteiger partial charge in [0.2, 0.25) is 0 Å². The summed E-state index contributed by atoms with van der Waals surface area (Å²) in [6, 6.07) is 14.3. The minimum Gasteiger partial charge on any atom is -0.322 e. The quantitative estimate of drug-likeness (QED) is 0.685. The molecule has 0 atom stereocenters. The van der Waals surface area contributed by atoms with E-state index in [1.807, 2.05) is 18.4 Å². The second kappa shape index (κ2) is 6.39. The number of ketones is 1. The first-order valence-electron chi connectivity index (χ1n) is 6.16. The van der Waals surface area contributed by atoms with Gasteiger partial charge in [-0.1, -0.05) is 0 Å². The van der Waals surface area contributed by atoms with Crippen LogP contribution in [-0.2, 0) is 0 Å². The molecular weight excluding hydrogens is 270 g/mol. The largest absolute Gasteiger partial charge is 0.322 e. The molecule has 0 unspecified atom stereocenters. The van der Waals surface area contributed by atoms with Crippen LogP contribution >= 0.6 is 11.8 Å². The van der Waals surface area contributed by atoms with Crippen molar-refractivity contribution in [1.82, 2.24) is 0 Å². The van der Waals surface area contributed by atoms with Crippen LogP contribution in [-0.4, -0.2) is 17.9 Å². The molecule has 0 aliphatic rings. The van der Waals surface area contributed by atoms with E-state index in [1.54, 1.807) is 48.2 Å². The summed E-state index contributed by atoms with van der Waals surface area (Å²) < 4.78 is 0. The van der Waals surface area contributed by atoms with Crippen molar-refractivity contribution in [2.45, 2.75) is 11.8 Å². The molecule has 20 heavy (non-hydrogen) atoms. The molecule has 0 saturated carbocycles. The first kappa shape index (κ1) is 14.3. The van der Waals surface area contributed by atoms with E-state index in [4.69, 9.17) is 0 Å². The van der Waals surface area contributed by atoms with Gasteiger partial charge < -0.3 is 5.32 Å². The summed E-state index contributed by atoms with van der Waals surface area (Å²) in [4.78, 5) is 24.3. The van der Waals surface area contributed by atoms with Crippen molar-refractivity contribution in [3.63, 3.8) is 0 Å². The fourth-order valence-electron chi connectivity index (χ4n) is 1.73. The number of carbonyl (C=O) groups is 2. The van der Waals surface area contributed by atoms with Crippen LogP contribution in [0.15, 0.2) is 53.4 Å². The predicted octanol–water partition coefficient (Wildman–Crippen LogP) is 3.86. The van der Waals surface area contributed by atoms with Gasteiger partial charge in [-0.2, -0.15) is 0 Å². The molecule has 1 N–H and O–H groups in total. The monoisotopic (exact) mass is 285 g/mol. The van der Waals surface area contributed by atoms with Crippen LogP contribution < -0.4 is 5.32 Å². The first-order valence-corrected chi connectivity index (χ1v) is 7.39. The van der Waals surface area contributed by atoms with Crippen LogP contribution in [0, 0.1) is 0 Å². The van der Waals surface area contributed by atoms with E-state index < -0.39 is 0 Å². The third-order valence-corrected chi connectivity index (χ3v) is 3.65. The van der Waals surface area contributed by atoms with Crippen molar-refractivity contribution in [3.05, 3.63) is 59.7 Å². The Morgan fingerprint density at radius 3 is 1.95 bits per heavy atom. The van der Waals surface area contributed by atoms with Crippen LogP contribution in [0.1, 0.15) is 27.6 Å². The third kappa shape index (κ3) is 3.48. The maximum Gasteiger partial charge on any atom is 0.255 e. The Labute approximate surface area is 122 Å². The number of amides is 1. The molecule has 0 aromatic heterocycles. The molecule has 2 aromatic carbocycles. The standard InChI is InChI=1S/C16H15NO2S/c1-11(18)12-3-7-14(8-4-12)17-16(19)13-5-9-15(20-2)10-6-13/h3-10H,1-2H3,(H,17,19). The summed E-state index contributed by atoms with van der Waals surface area (Å²) in [6.07, 6.45) is 1.99. The lowest BCUT2D eigenvalue weighted by Crippen LogP contribution is -2.11. The van der Waals surface area contributed by atoms with Crippen LogP contribution in [0.4, 0.5) is 5.69 Å². The smallest absolute Gasteiger partial charge is 0.255 e. The number of Topliss-reactive ketones (excluding diaryl/α,β-unsaturated/α-hetero) is 1. The van der Waals surface area contributed by atoms with Gasteiger partial charge in [0.1, 0.15) is 0 Å². The lowest BCUT2D eigenvalue weighted by Gasteiger charge is -2.06. The van der Waals surface area contributed by atoms with Crippen molar-refractivity contribution in [1.29, 1.82) is 0 Å². The van der Waals surface area contributed by atoms with Crippen molar-refractivity contribution in [3.8, 4) is 0 Å². The van der Waals surface area contributed by atoms with E-state index in [9.17, 15) is 9.59 Å². The van der Waals surface area contributed by atoms with E-state index in [1.165, 1.54) is 6.92 Å². The van der Waals surface area contributed by atoms with E-state index in [2.05, 4.69) is 5.32 Å². The molecule has 0 fully saturated rings. The molecule has 0 saturated heterocycles. The zero-order chi connectivity index (χ0) is 14.5. The SMILES string of the molecule is CSc1ccc(C(=O)Nc2ccc(C(C)=O)cc2)cc1. The van der Waals surface area contributed by atoms with E-state index >= 15 is 0 Å². The van der Waals surface area contributed by atoms with Crippen molar-refractivity contribution >= 4 is 29.1 Å². The Bertz CT molecular complexity index is 618. The van der Waals surface area contributed by atoms with Crippen LogP contribution in [0.25, 0.3) is 0 Å². The molecule has 0 spiro atoms. The molecule has 0 bridgehead atoms. The highest BCUT2D eigenvalue weighted by Crippen LogP contribution is 2.16. The van der Waals surface area contributed by atoms with Gasteiger partial charge in [0, 0.05) is 21.7 Å². The zero-order valence-electron chi connectivity index (χ0n) is 11.3. The van der Waals surface area contributed by atoms with Gasteiger partial charge in [-0.05, 0) is 61.7 Å². The first-order chi connectivity index (χ1) is 9.60. The molecule has 2 rings (SSSR count). The number of nitrogens with one attached hydrogen (secondary N) is 1. The van der Waals surface area contributed by atoms with Gasteiger partial charge in [0.25, 0.3) is 5.91 Å². The molecule has 3 nitrogen and oxygen atoms in total. The van der Waals surface area contributed by atoms with Crippen LogP contribution in [0.5, 0.6) is 0 Å². The summed E-state index contributed by atoms with van der Waals surface area (Å²) in [5.74, 6) is -0.149. The van der Waals surface area contributed by atoms with Gasteiger partial charge in [-0.15, -0.1) is 11.8 Å². The Morgan fingerprint density at radius 1 is 0.900 bits per heavy atom. The van der Waals surface area contributed by atoms with Gasteiger partial charge in [0.15, 0.2) is 5.78 Å². The third-order valence-electron chi connectivity index (χ3n) is 2.90. The molecule has 0 radical (unpaired) electrons. The summed E-state index contributed by atoms with van der Waals surface area (Å²) in [6.45, 7) is 1.51. The summed E-state index contributed by atoms with van der Waals surface area (Å²) in [7, 11) is 0. The fourth-order valence-corrected chi connectivity index (χ4v) is 2.14. The van der Waals surface area contributed by atoms with Crippen molar-refractivity contribution in [2.24, 2.45) is 0 Å². The van der Waals surface area contributed by atoms with Gasteiger partial charge >= 0.3 is 0 Å². The number of anilines is 1. The highest BCUT2D eigenvalue weighted by atomic mass is 32.2. The minimum absolute atomic E-state index is 0.00975. The number of carbonyl (C=O) groups excluding carboxylic acids is 2. The van der Waals surface area contributed by atoms with Gasteiger partial charge in [-0.25, -0.2) is 0 Å². The average molecular weight is 285 g/mol. The van der Waals surface area contributed by atoms with Gasteiger partial charge in [0.05, 0.1) is 0 Å². The maximum atomic E-state index is 12.0. The number of hydrogen-bond acceptors (Lipinski definition) is 3. The van der Waals surface area contributed by atoms with Crippen LogP contribution in [0.3, 0.4) is 0 Å². The Hall–Kier alpha value is -2.07. The Balaban J connectivity index is 2.08. The van der Waals surface area contributed by atoms with Crippen LogP contribution in [0.2, 0.25) is 0 Å². The molecule has 1 amide bonds. The topological polar surface area (TPSA) is 46.2 Å². The van der Waals surface area contributed by atoms with E-state index in [0.717, 1.165) is 4.90 Å². The predicted molar refractivity (Wildman–Crippen MR) is 82.6 cm³/mol. The molecule has 0 aliphatic heterocycles. The lowest BCUT2D eigenvalue weighted by molar-refractivity contribution is 0.101. The van der Waals surface area contributed by atoms with Gasteiger partial charge in [-0.3, -0.25) is 9.59 Å². The number of rotatable bonds is 4. The summed E-state index contributed by atoms with van der Waals surface area (Å²) in [5.41, 5.74) is 1.92. The second-order valence-electron chi connectivity index (χ2n) is 4.32. The fraction of sp³-hybridized carbons (Fsp3) is 0.125. The number of thioether (sulfide) groups is 1. The normalized spacial score (nSPS) is 10.1. The molecule has 2 aromatic rings. The highest BCUT2D eigenvalue weighted by Gasteiger charge is 2.06. The highest BCUT2D eigenvalue weighted by molar-refractivity contribution is 7.98. The average Bonchev–Trinajstić information content (AvgIpc) is 2.48. The van der Waals surface area contributed by atoms with E-state index in [0.29, 0.717) is 16.8 Å². The number of hydrogen-bond donors (Lipinski definition) is 1. The lowest BCUT2D eigenvalue weighted by atomic mass is 10.1. The van der Waals surface area contributed by atoms with Crippen molar-refractivity contribution in [2.75, 3.05) is 11.6 Å². The Morgan fingerprint density at radius 2 is 1.45 bits per heavy atom. The summed E-state index contributed by atoms with van der Waals surface area (Å²) in [5, 5.41) is 2.80. The second-order valence-corrected chi connectivity index (χ2v) is 5.20.